The molecule has 0 unspecified atom stereocenters. The second-order valence-corrected chi connectivity index (χ2v) is 4.03. The van der Waals surface area contributed by atoms with Crippen molar-refractivity contribution in [3.8, 4) is 0 Å². The van der Waals surface area contributed by atoms with E-state index in [0.29, 0.717) is 0 Å². The average Bonchev–Trinajstić information content (AvgIpc) is 2.35. The lowest BCUT2D eigenvalue weighted by molar-refractivity contribution is 0.130. The van der Waals surface area contributed by atoms with Gasteiger partial charge < -0.3 is 9.80 Å². The summed E-state index contributed by atoms with van der Waals surface area (Å²) in [6.45, 7) is 2.62. The Balaban J connectivity index is 2.07. The standard InChI is InChI=1S/C9H18N2/c1-10-6-3-4-8-9(10)5-7-11(8)2/h8-9H,3-7H2,1-2H3/t8-,9-/m1/s1. The van der Waals surface area contributed by atoms with Crippen LogP contribution in [0.2, 0.25) is 0 Å². The van der Waals surface area contributed by atoms with E-state index in [1.165, 1.54) is 32.4 Å². The van der Waals surface area contributed by atoms with Gasteiger partial charge in [-0.25, -0.2) is 0 Å². The van der Waals surface area contributed by atoms with Gasteiger partial charge in [-0.05, 0) is 46.4 Å². The van der Waals surface area contributed by atoms with Crippen LogP contribution in [-0.2, 0) is 0 Å². The monoisotopic (exact) mass is 154 g/mol. The lowest BCUT2D eigenvalue weighted by atomic mass is 9.98. The van der Waals surface area contributed by atoms with E-state index in [1.54, 1.807) is 0 Å². The van der Waals surface area contributed by atoms with Crippen LogP contribution in [0.4, 0.5) is 0 Å². The third kappa shape index (κ3) is 1.18. The summed E-state index contributed by atoms with van der Waals surface area (Å²) >= 11 is 0. The second kappa shape index (κ2) is 2.76. The van der Waals surface area contributed by atoms with Crippen LogP contribution in [0.5, 0.6) is 0 Å². The summed E-state index contributed by atoms with van der Waals surface area (Å²) in [5, 5.41) is 0. The maximum Gasteiger partial charge on any atom is 0.0260 e. The van der Waals surface area contributed by atoms with Gasteiger partial charge in [0.1, 0.15) is 0 Å². The van der Waals surface area contributed by atoms with Gasteiger partial charge in [0.15, 0.2) is 0 Å². The summed E-state index contributed by atoms with van der Waals surface area (Å²) in [7, 11) is 4.54. The van der Waals surface area contributed by atoms with E-state index in [4.69, 9.17) is 0 Å². The molecule has 2 saturated heterocycles. The van der Waals surface area contributed by atoms with E-state index in [-0.39, 0.29) is 0 Å². The SMILES string of the molecule is CN1CCC[C@@H]2[C@H]1CCN2C. The minimum atomic E-state index is 0.869. The highest BCUT2D eigenvalue weighted by molar-refractivity contribution is 4.93. The summed E-state index contributed by atoms with van der Waals surface area (Å²) in [6.07, 6.45) is 4.20. The van der Waals surface area contributed by atoms with Crippen LogP contribution in [0.3, 0.4) is 0 Å². The summed E-state index contributed by atoms with van der Waals surface area (Å²) < 4.78 is 0. The predicted octanol–water partition coefficient (Wildman–Crippen LogP) is 0.785. The van der Waals surface area contributed by atoms with Gasteiger partial charge in [0.2, 0.25) is 0 Å². The molecule has 0 aromatic heterocycles. The zero-order chi connectivity index (χ0) is 7.84. The van der Waals surface area contributed by atoms with Gasteiger partial charge in [-0.3, -0.25) is 0 Å². The smallest absolute Gasteiger partial charge is 0.0260 e. The van der Waals surface area contributed by atoms with Crippen LogP contribution < -0.4 is 0 Å². The molecule has 0 aromatic carbocycles. The van der Waals surface area contributed by atoms with Crippen LogP contribution in [0.15, 0.2) is 0 Å². The summed E-state index contributed by atoms with van der Waals surface area (Å²) in [6, 6.07) is 1.74. The van der Waals surface area contributed by atoms with E-state index in [9.17, 15) is 0 Å². The van der Waals surface area contributed by atoms with Crippen LogP contribution in [-0.4, -0.2) is 49.1 Å². The van der Waals surface area contributed by atoms with Crippen molar-refractivity contribution in [3.05, 3.63) is 0 Å². The highest BCUT2D eigenvalue weighted by atomic mass is 15.3. The molecule has 2 fully saturated rings. The van der Waals surface area contributed by atoms with Gasteiger partial charge in [-0.15, -0.1) is 0 Å². The van der Waals surface area contributed by atoms with Crippen molar-refractivity contribution in [2.45, 2.75) is 31.3 Å². The van der Waals surface area contributed by atoms with Crippen LogP contribution in [0.1, 0.15) is 19.3 Å². The zero-order valence-electron chi connectivity index (χ0n) is 7.58. The third-order valence-electron chi connectivity index (χ3n) is 3.36. The fourth-order valence-corrected chi connectivity index (χ4v) is 2.63. The van der Waals surface area contributed by atoms with E-state index < -0.39 is 0 Å². The lowest BCUT2D eigenvalue weighted by Gasteiger charge is -2.36. The Kier molecular flexibility index (Phi) is 1.90. The fourth-order valence-electron chi connectivity index (χ4n) is 2.63. The fraction of sp³-hybridized carbons (Fsp3) is 1.00. The molecule has 64 valence electrons. The average molecular weight is 154 g/mol. The first-order chi connectivity index (χ1) is 5.29. The van der Waals surface area contributed by atoms with Crippen molar-refractivity contribution in [1.29, 1.82) is 0 Å². The molecule has 2 heterocycles. The molecule has 0 radical (unpaired) electrons. The number of likely N-dealkylation sites (N-methyl/N-ethyl adjacent to an activating group) is 2. The summed E-state index contributed by atoms with van der Waals surface area (Å²) in [5.74, 6) is 0. The van der Waals surface area contributed by atoms with Gasteiger partial charge in [0, 0.05) is 12.1 Å². The first-order valence-electron chi connectivity index (χ1n) is 4.69. The van der Waals surface area contributed by atoms with Crippen LogP contribution in [0.25, 0.3) is 0 Å². The van der Waals surface area contributed by atoms with Gasteiger partial charge >= 0.3 is 0 Å². The van der Waals surface area contributed by atoms with Crippen molar-refractivity contribution in [1.82, 2.24) is 9.80 Å². The Hall–Kier alpha value is -0.0800. The molecular formula is C9H18N2. The maximum atomic E-state index is 2.54. The molecule has 0 aliphatic carbocycles. The Morgan fingerprint density at radius 1 is 0.909 bits per heavy atom. The summed E-state index contributed by atoms with van der Waals surface area (Å²) in [4.78, 5) is 5.07. The number of hydrogen-bond donors (Lipinski definition) is 0. The van der Waals surface area contributed by atoms with Crippen molar-refractivity contribution < 1.29 is 0 Å². The number of hydrogen-bond acceptors (Lipinski definition) is 2. The zero-order valence-corrected chi connectivity index (χ0v) is 7.58. The molecule has 11 heavy (non-hydrogen) atoms. The quantitative estimate of drug-likeness (QED) is 0.509. The molecule has 0 spiro atoms. The topological polar surface area (TPSA) is 6.48 Å². The molecule has 2 rings (SSSR count). The molecule has 2 atom stereocenters. The molecule has 0 N–H and O–H groups in total. The van der Waals surface area contributed by atoms with E-state index in [2.05, 4.69) is 23.9 Å². The van der Waals surface area contributed by atoms with Gasteiger partial charge in [-0.1, -0.05) is 0 Å². The summed E-state index contributed by atoms with van der Waals surface area (Å²) in [5.41, 5.74) is 0. The van der Waals surface area contributed by atoms with Crippen molar-refractivity contribution in [3.63, 3.8) is 0 Å². The third-order valence-corrected chi connectivity index (χ3v) is 3.36. The molecule has 2 heteroatoms. The van der Waals surface area contributed by atoms with Gasteiger partial charge in [0.25, 0.3) is 0 Å². The van der Waals surface area contributed by atoms with Gasteiger partial charge in [0.05, 0.1) is 0 Å². The minimum absolute atomic E-state index is 0.869. The minimum Gasteiger partial charge on any atom is -0.302 e. The van der Waals surface area contributed by atoms with Crippen molar-refractivity contribution >= 4 is 0 Å². The number of rotatable bonds is 0. The largest absolute Gasteiger partial charge is 0.302 e. The number of likely N-dealkylation sites (tertiary alicyclic amines) is 2. The van der Waals surface area contributed by atoms with E-state index in [0.717, 1.165) is 12.1 Å². The Bertz CT molecular complexity index is 144. The Labute approximate surface area is 69.2 Å². The molecule has 2 aliphatic rings. The number of fused-ring (bicyclic) bond motifs is 1. The lowest BCUT2D eigenvalue weighted by Crippen LogP contribution is -2.46. The van der Waals surface area contributed by atoms with E-state index in [1.807, 2.05) is 0 Å². The van der Waals surface area contributed by atoms with Crippen molar-refractivity contribution in [2.24, 2.45) is 0 Å². The molecule has 0 amide bonds. The normalized spacial score (nSPS) is 40.9. The first kappa shape index (κ1) is 7.56. The Morgan fingerprint density at radius 2 is 1.55 bits per heavy atom. The second-order valence-electron chi connectivity index (χ2n) is 4.03. The molecule has 2 nitrogen and oxygen atoms in total. The van der Waals surface area contributed by atoms with Gasteiger partial charge in [-0.2, -0.15) is 0 Å². The molecular weight excluding hydrogens is 136 g/mol. The molecule has 0 saturated carbocycles. The predicted molar refractivity (Wildman–Crippen MR) is 46.7 cm³/mol. The highest BCUT2D eigenvalue weighted by Gasteiger charge is 2.36. The van der Waals surface area contributed by atoms with Crippen LogP contribution in [0, 0.1) is 0 Å². The van der Waals surface area contributed by atoms with E-state index >= 15 is 0 Å². The van der Waals surface area contributed by atoms with Crippen molar-refractivity contribution in [2.75, 3.05) is 27.2 Å². The number of piperidine rings is 1. The Morgan fingerprint density at radius 3 is 2.27 bits per heavy atom. The molecule has 2 aliphatic heterocycles. The highest BCUT2D eigenvalue weighted by Crippen LogP contribution is 2.27. The molecule has 0 bridgehead atoms. The maximum absolute atomic E-state index is 2.54. The van der Waals surface area contributed by atoms with Crippen LogP contribution >= 0.6 is 0 Å². The number of nitrogens with zero attached hydrogens (tertiary/aromatic N) is 2. The molecule has 0 aromatic rings. The first-order valence-corrected chi connectivity index (χ1v) is 4.69.